The molecule has 0 bridgehead atoms. The van der Waals surface area contributed by atoms with Crippen molar-refractivity contribution in [3.8, 4) is 51.0 Å². The number of furan rings is 1. The fourth-order valence-electron chi connectivity index (χ4n) is 7.21. The van der Waals surface area contributed by atoms with Crippen LogP contribution in [0.2, 0.25) is 0 Å². The highest BCUT2D eigenvalue weighted by Crippen LogP contribution is 2.43. The summed E-state index contributed by atoms with van der Waals surface area (Å²) in [5.41, 5.74) is 10.1. The average Bonchev–Trinajstić information content (AvgIpc) is 3.74. The minimum atomic E-state index is 0.624. The van der Waals surface area contributed by atoms with E-state index in [2.05, 4.69) is 102 Å². The predicted molar refractivity (Wildman–Crippen MR) is 203 cm³/mol. The van der Waals surface area contributed by atoms with E-state index in [9.17, 15) is 0 Å². The molecule has 0 unspecified atom stereocenters. The van der Waals surface area contributed by atoms with Crippen LogP contribution in [-0.2, 0) is 0 Å². The van der Waals surface area contributed by atoms with Gasteiger partial charge in [-0.2, -0.15) is 0 Å². The van der Waals surface area contributed by atoms with Gasteiger partial charge >= 0.3 is 0 Å². The van der Waals surface area contributed by atoms with Gasteiger partial charge in [0, 0.05) is 49.5 Å². The van der Waals surface area contributed by atoms with Gasteiger partial charge in [0.1, 0.15) is 11.2 Å². The first kappa shape index (κ1) is 28.2. The fourth-order valence-corrected chi connectivity index (χ4v) is 7.21. The molecule has 0 atom stereocenters. The van der Waals surface area contributed by atoms with Gasteiger partial charge in [-0.05, 0) is 35.9 Å². The molecule has 5 nitrogen and oxygen atoms in total. The number of benzene rings is 7. The Morgan fingerprint density at radius 2 is 0.960 bits per heavy atom. The highest BCUT2D eigenvalue weighted by Gasteiger charge is 2.21. The minimum absolute atomic E-state index is 0.624. The summed E-state index contributed by atoms with van der Waals surface area (Å²) >= 11 is 0. The Morgan fingerprint density at radius 1 is 0.400 bits per heavy atom. The van der Waals surface area contributed by atoms with E-state index in [1.54, 1.807) is 0 Å². The second-order valence-corrected chi connectivity index (χ2v) is 12.4. The van der Waals surface area contributed by atoms with Gasteiger partial charge in [-0.15, -0.1) is 0 Å². The van der Waals surface area contributed by atoms with Gasteiger partial charge in [0.05, 0.1) is 11.0 Å². The van der Waals surface area contributed by atoms with E-state index in [4.69, 9.17) is 19.4 Å². The summed E-state index contributed by atoms with van der Waals surface area (Å²) in [5, 5.41) is 4.55. The molecular formula is C45H28N4O. The molecule has 0 aliphatic carbocycles. The number of para-hydroxylation sites is 3. The average molecular weight is 641 g/mol. The monoisotopic (exact) mass is 640 g/mol. The maximum atomic E-state index is 6.32. The normalized spacial score (nSPS) is 11.6. The second-order valence-electron chi connectivity index (χ2n) is 12.4. The number of hydrogen-bond donors (Lipinski definition) is 0. The number of rotatable bonds is 5. The van der Waals surface area contributed by atoms with Gasteiger partial charge in [-0.3, -0.25) is 0 Å². The third-order valence-corrected chi connectivity index (χ3v) is 9.45. The summed E-state index contributed by atoms with van der Waals surface area (Å²) < 4.78 is 8.70. The highest BCUT2D eigenvalue weighted by atomic mass is 16.3. The Kier molecular flexibility index (Phi) is 6.42. The van der Waals surface area contributed by atoms with Gasteiger partial charge in [0.15, 0.2) is 17.5 Å². The summed E-state index contributed by atoms with van der Waals surface area (Å²) in [7, 11) is 0. The zero-order chi connectivity index (χ0) is 33.0. The van der Waals surface area contributed by atoms with Crippen molar-refractivity contribution in [3.63, 3.8) is 0 Å². The number of nitrogens with zero attached hydrogens (tertiary/aromatic N) is 4. The van der Waals surface area contributed by atoms with Crippen LogP contribution in [0.15, 0.2) is 174 Å². The Labute approximate surface area is 287 Å². The maximum absolute atomic E-state index is 6.32. The zero-order valence-electron chi connectivity index (χ0n) is 26.9. The lowest BCUT2D eigenvalue weighted by molar-refractivity contribution is 0.669. The van der Waals surface area contributed by atoms with Crippen LogP contribution in [0.5, 0.6) is 0 Å². The molecule has 0 spiro atoms. The second kappa shape index (κ2) is 11.4. The number of aromatic nitrogens is 4. The molecule has 0 saturated carbocycles. The Bertz CT molecular complexity index is 2800. The van der Waals surface area contributed by atoms with E-state index in [0.29, 0.717) is 17.5 Å². The lowest BCUT2D eigenvalue weighted by Gasteiger charge is -2.13. The first-order chi connectivity index (χ1) is 24.8. The van der Waals surface area contributed by atoms with Crippen LogP contribution in [0.25, 0.3) is 94.7 Å². The first-order valence-corrected chi connectivity index (χ1v) is 16.7. The molecule has 7 aromatic carbocycles. The Hall–Kier alpha value is -6.85. The molecule has 10 aromatic rings. The smallest absolute Gasteiger partial charge is 0.164 e. The van der Waals surface area contributed by atoms with E-state index in [1.165, 1.54) is 5.39 Å². The zero-order valence-corrected chi connectivity index (χ0v) is 26.9. The van der Waals surface area contributed by atoms with Crippen molar-refractivity contribution in [3.05, 3.63) is 170 Å². The van der Waals surface area contributed by atoms with Gasteiger partial charge in [0.25, 0.3) is 0 Å². The summed E-state index contributed by atoms with van der Waals surface area (Å²) in [6, 6.07) is 58.6. The van der Waals surface area contributed by atoms with Crippen molar-refractivity contribution in [1.82, 2.24) is 19.5 Å². The molecule has 5 heteroatoms. The molecule has 0 N–H and O–H groups in total. The van der Waals surface area contributed by atoms with Crippen molar-refractivity contribution in [2.45, 2.75) is 0 Å². The quantitative estimate of drug-likeness (QED) is 0.188. The number of hydrogen-bond acceptors (Lipinski definition) is 4. The third-order valence-electron chi connectivity index (χ3n) is 9.45. The summed E-state index contributed by atoms with van der Waals surface area (Å²) in [4.78, 5) is 15.0. The van der Waals surface area contributed by atoms with E-state index >= 15 is 0 Å². The van der Waals surface area contributed by atoms with Crippen LogP contribution in [0.4, 0.5) is 0 Å². The summed E-state index contributed by atoms with van der Waals surface area (Å²) in [5.74, 6) is 1.90. The van der Waals surface area contributed by atoms with E-state index in [0.717, 1.165) is 71.9 Å². The van der Waals surface area contributed by atoms with Gasteiger partial charge in [0.2, 0.25) is 0 Å². The third kappa shape index (κ3) is 4.52. The fraction of sp³-hybridized carbons (Fsp3) is 0. The molecule has 0 amide bonds. The molecule has 0 aliphatic heterocycles. The van der Waals surface area contributed by atoms with E-state index in [1.807, 2.05) is 72.8 Å². The molecule has 3 heterocycles. The van der Waals surface area contributed by atoms with Crippen molar-refractivity contribution in [2.75, 3.05) is 0 Å². The van der Waals surface area contributed by atoms with Crippen molar-refractivity contribution in [2.24, 2.45) is 0 Å². The maximum Gasteiger partial charge on any atom is 0.164 e. The van der Waals surface area contributed by atoms with Crippen LogP contribution >= 0.6 is 0 Å². The van der Waals surface area contributed by atoms with Crippen LogP contribution in [0.1, 0.15) is 0 Å². The topological polar surface area (TPSA) is 56.7 Å². The van der Waals surface area contributed by atoms with Crippen LogP contribution < -0.4 is 0 Å². The highest BCUT2D eigenvalue weighted by molar-refractivity contribution is 6.19. The molecular weight excluding hydrogens is 613 g/mol. The molecule has 10 rings (SSSR count). The molecule has 3 aromatic heterocycles. The van der Waals surface area contributed by atoms with Gasteiger partial charge in [-0.1, -0.05) is 140 Å². The molecule has 0 fully saturated rings. The van der Waals surface area contributed by atoms with Crippen LogP contribution in [0, 0.1) is 0 Å². The predicted octanol–water partition coefficient (Wildman–Crippen LogP) is 11.5. The van der Waals surface area contributed by atoms with Crippen molar-refractivity contribution >= 4 is 43.7 Å². The number of fused-ring (bicyclic) bond motifs is 6. The molecule has 0 radical (unpaired) electrons. The molecule has 0 aliphatic rings. The SMILES string of the molecule is c1ccc(-c2nc(-c3ccccc3)nc(-c3ccc4c5cccc(-c6cccc7oc8ccccc8c67)c5n(-c5ccccc5)c4c3)n2)cc1. The summed E-state index contributed by atoms with van der Waals surface area (Å²) in [6.07, 6.45) is 0. The molecule has 50 heavy (non-hydrogen) atoms. The van der Waals surface area contributed by atoms with Crippen molar-refractivity contribution < 1.29 is 4.42 Å². The summed E-state index contributed by atoms with van der Waals surface area (Å²) in [6.45, 7) is 0. The lowest BCUT2D eigenvalue weighted by Crippen LogP contribution is -2.00. The minimum Gasteiger partial charge on any atom is -0.456 e. The van der Waals surface area contributed by atoms with E-state index in [-0.39, 0.29) is 0 Å². The lowest BCUT2D eigenvalue weighted by atomic mass is 9.97. The van der Waals surface area contributed by atoms with Gasteiger partial charge in [-0.25, -0.2) is 15.0 Å². The van der Waals surface area contributed by atoms with Crippen molar-refractivity contribution in [1.29, 1.82) is 0 Å². The molecule has 234 valence electrons. The van der Waals surface area contributed by atoms with E-state index < -0.39 is 0 Å². The Balaban J connectivity index is 1.26. The largest absolute Gasteiger partial charge is 0.456 e. The van der Waals surface area contributed by atoms with Gasteiger partial charge < -0.3 is 8.98 Å². The first-order valence-electron chi connectivity index (χ1n) is 16.7. The van der Waals surface area contributed by atoms with Crippen LogP contribution in [0.3, 0.4) is 0 Å². The van der Waals surface area contributed by atoms with Crippen LogP contribution in [-0.4, -0.2) is 19.5 Å². The standard InChI is InChI=1S/C45H28N4O/c1-4-14-29(15-5-1)43-46-44(30-16-6-2-7-17-30)48-45(47-43)31-26-27-33-35-22-12-23-36(42(35)49(38(33)28-31)32-18-8-3-9-19-32)34-21-13-25-40-41(34)37-20-10-11-24-39(37)50-40/h1-28H. The Morgan fingerprint density at radius 3 is 1.68 bits per heavy atom. The molecule has 0 saturated heterocycles.